The summed E-state index contributed by atoms with van der Waals surface area (Å²) < 4.78 is 25.6. The number of hydrogen-bond donors (Lipinski definition) is 2. The molecule has 0 radical (unpaired) electrons. The van der Waals surface area contributed by atoms with E-state index in [0.717, 1.165) is 0 Å². The summed E-state index contributed by atoms with van der Waals surface area (Å²) in [6, 6.07) is 1.51. The van der Waals surface area contributed by atoms with Crippen molar-refractivity contribution in [3.63, 3.8) is 0 Å². The first-order valence-corrected chi connectivity index (χ1v) is 6.01. The third-order valence-corrected chi connectivity index (χ3v) is 3.13. The van der Waals surface area contributed by atoms with Crippen LogP contribution in [0.4, 0.5) is 8.78 Å². The average Bonchev–Trinajstić information content (AvgIpc) is 2.39. The van der Waals surface area contributed by atoms with Gasteiger partial charge in [0.1, 0.15) is 0 Å². The normalized spacial score (nSPS) is 9.74. The maximum absolute atomic E-state index is 12.6. The highest BCUT2D eigenvalue weighted by atomic mass is 79.9. The van der Waals surface area contributed by atoms with Gasteiger partial charge in [0.25, 0.3) is 11.1 Å². The van der Waals surface area contributed by atoms with Gasteiger partial charge in [-0.1, -0.05) is 0 Å². The molecule has 0 saturated heterocycles. The Hall–Kier alpha value is -1.76. The molecule has 0 spiro atoms. The highest BCUT2D eigenvalue weighted by Crippen LogP contribution is 2.13. The molecule has 4 nitrogen and oxygen atoms in total. The van der Waals surface area contributed by atoms with E-state index in [-0.39, 0.29) is 0 Å². The summed E-state index contributed by atoms with van der Waals surface area (Å²) in [5.74, 6) is -1.42. The van der Waals surface area contributed by atoms with Crippen LogP contribution in [0.1, 0.15) is 11.1 Å². The summed E-state index contributed by atoms with van der Waals surface area (Å²) in [6.45, 7) is 3.08. The van der Waals surface area contributed by atoms with E-state index in [1.54, 1.807) is 6.92 Å². The average molecular weight is 333 g/mol. The molecule has 0 atom stereocenters. The van der Waals surface area contributed by atoms with Gasteiger partial charge in [-0.05, 0) is 41.4 Å². The fourth-order valence-electron chi connectivity index (χ4n) is 1.13. The van der Waals surface area contributed by atoms with Crippen LogP contribution in [0.2, 0.25) is 0 Å². The van der Waals surface area contributed by atoms with Crippen molar-refractivity contribution in [2.75, 3.05) is 0 Å². The fourth-order valence-corrected chi connectivity index (χ4v) is 1.42. The van der Waals surface area contributed by atoms with Crippen LogP contribution < -0.4 is 11.1 Å². The Kier molecular flexibility index (Phi) is 5.17. The topological polar surface area (TPSA) is 65.7 Å². The minimum absolute atomic E-state index is 0.337. The lowest BCUT2D eigenvalue weighted by atomic mass is 10.3. The Bertz CT molecular complexity index is 695. The van der Waals surface area contributed by atoms with Crippen LogP contribution in [0, 0.1) is 25.5 Å². The Labute approximate surface area is 115 Å². The van der Waals surface area contributed by atoms with Crippen molar-refractivity contribution < 1.29 is 8.78 Å². The first-order valence-electron chi connectivity index (χ1n) is 5.21. The van der Waals surface area contributed by atoms with Crippen LogP contribution in [0.5, 0.6) is 0 Å². The molecule has 19 heavy (non-hydrogen) atoms. The molecule has 2 rings (SSSR count). The standard InChI is InChI=1S/C6H5BrFNO.C6H6FNO/c1-3-4(7)2-9-6(10)5(3)8;1-4-2-3-8-6(9)5(4)7/h2H,1H3,(H,9,10);2-3H,1H3,(H,8,9). The maximum Gasteiger partial charge on any atom is 0.284 e. The highest BCUT2D eigenvalue weighted by Gasteiger charge is 2.04. The van der Waals surface area contributed by atoms with E-state index in [1.165, 1.54) is 25.4 Å². The van der Waals surface area contributed by atoms with Crippen LogP contribution in [0.3, 0.4) is 0 Å². The zero-order valence-electron chi connectivity index (χ0n) is 10.2. The monoisotopic (exact) mass is 332 g/mol. The molecule has 2 aromatic heterocycles. The van der Waals surface area contributed by atoms with Crippen LogP contribution in [-0.4, -0.2) is 9.97 Å². The van der Waals surface area contributed by atoms with Crippen LogP contribution in [0.25, 0.3) is 0 Å². The number of nitrogens with one attached hydrogen (secondary N) is 2. The van der Waals surface area contributed by atoms with Gasteiger partial charge in [-0.25, -0.2) is 8.78 Å². The largest absolute Gasteiger partial charge is 0.327 e. The summed E-state index contributed by atoms with van der Waals surface area (Å²) >= 11 is 3.07. The van der Waals surface area contributed by atoms with Crippen molar-refractivity contribution in [1.82, 2.24) is 9.97 Å². The predicted octanol–water partition coefficient (Wildman–Crippen LogP) is 2.41. The predicted molar refractivity (Wildman–Crippen MR) is 71.2 cm³/mol. The van der Waals surface area contributed by atoms with E-state index in [2.05, 4.69) is 25.9 Å². The molecule has 0 aliphatic rings. The van der Waals surface area contributed by atoms with Crippen LogP contribution in [-0.2, 0) is 0 Å². The van der Waals surface area contributed by atoms with Gasteiger partial charge in [0.2, 0.25) is 0 Å². The zero-order valence-corrected chi connectivity index (χ0v) is 11.8. The van der Waals surface area contributed by atoms with E-state index < -0.39 is 22.8 Å². The lowest BCUT2D eigenvalue weighted by Gasteiger charge is -1.95. The summed E-state index contributed by atoms with van der Waals surface area (Å²) in [5, 5.41) is 0. The van der Waals surface area contributed by atoms with E-state index in [4.69, 9.17) is 0 Å². The molecule has 102 valence electrons. The SMILES string of the molecule is Cc1c(Br)c[nH]c(=O)c1F.Cc1cc[nH]c(=O)c1F. The van der Waals surface area contributed by atoms with E-state index in [9.17, 15) is 18.4 Å². The molecule has 2 heterocycles. The van der Waals surface area contributed by atoms with Crippen molar-refractivity contribution in [2.45, 2.75) is 13.8 Å². The number of aryl methyl sites for hydroxylation is 1. The van der Waals surface area contributed by atoms with Crippen LogP contribution in [0.15, 0.2) is 32.5 Å². The number of rotatable bonds is 0. The van der Waals surface area contributed by atoms with Gasteiger partial charge in [-0.3, -0.25) is 9.59 Å². The number of pyridine rings is 2. The molecule has 0 fully saturated rings. The second-order valence-corrected chi connectivity index (χ2v) is 4.56. The quantitative estimate of drug-likeness (QED) is 0.778. The Morgan fingerprint density at radius 3 is 2.11 bits per heavy atom. The van der Waals surface area contributed by atoms with Gasteiger partial charge in [-0.2, -0.15) is 0 Å². The van der Waals surface area contributed by atoms with Crippen molar-refractivity contribution in [3.8, 4) is 0 Å². The molecular formula is C12H11BrF2N2O2. The van der Waals surface area contributed by atoms with Crippen molar-refractivity contribution in [1.29, 1.82) is 0 Å². The highest BCUT2D eigenvalue weighted by molar-refractivity contribution is 9.10. The summed E-state index contributed by atoms with van der Waals surface area (Å²) in [7, 11) is 0. The molecule has 0 aromatic carbocycles. The molecule has 0 unspecified atom stereocenters. The third kappa shape index (κ3) is 3.85. The third-order valence-electron chi connectivity index (χ3n) is 2.31. The van der Waals surface area contributed by atoms with Gasteiger partial charge in [-0.15, -0.1) is 0 Å². The number of aromatic nitrogens is 2. The Morgan fingerprint density at radius 2 is 1.63 bits per heavy atom. The lowest BCUT2D eigenvalue weighted by molar-refractivity contribution is 0.597. The molecular weight excluding hydrogens is 322 g/mol. The molecule has 0 aliphatic carbocycles. The molecule has 7 heteroatoms. The summed E-state index contributed by atoms with van der Waals surface area (Å²) in [6.07, 6.45) is 2.83. The summed E-state index contributed by atoms with van der Waals surface area (Å²) in [5.41, 5.74) is -0.627. The molecule has 2 N–H and O–H groups in total. The van der Waals surface area contributed by atoms with Crippen molar-refractivity contribution in [2.24, 2.45) is 0 Å². The number of hydrogen-bond acceptors (Lipinski definition) is 2. The van der Waals surface area contributed by atoms with E-state index in [0.29, 0.717) is 15.6 Å². The second-order valence-electron chi connectivity index (χ2n) is 3.71. The Balaban J connectivity index is 0.000000191. The number of H-pyrrole nitrogens is 2. The number of aromatic amines is 2. The molecule has 0 saturated carbocycles. The molecule has 0 amide bonds. The fraction of sp³-hybridized carbons (Fsp3) is 0.167. The summed E-state index contributed by atoms with van der Waals surface area (Å²) in [4.78, 5) is 25.4. The van der Waals surface area contributed by atoms with Crippen molar-refractivity contribution in [3.05, 3.63) is 66.4 Å². The van der Waals surface area contributed by atoms with E-state index >= 15 is 0 Å². The first kappa shape index (κ1) is 15.3. The maximum atomic E-state index is 12.6. The van der Waals surface area contributed by atoms with Gasteiger partial charge >= 0.3 is 0 Å². The van der Waals surface area contributed by atoms with E-state index in [1.807, 2.05) is 0 Å². The zero-order chi connectivity index (χ0) is 14.6. The van der Waals surface area contributed by atoms with Crippen molar-refractivity contribution >= 4 is 15.9 Å². The minimum Gasteiger partial charge on any atom is -0.327 e. The molecule has 0 bridgehead atoms. The molecule has 0 aliphatic heterocycles. The Morgan fingerprint density at radius 1 is 1.05 bits per heavy atom. The van der Waals surface area contributed by atoms with Gasteiger partial charge in [0.15, 0.2) is 11.6 Å². The van der Waals surface area contributed by atoms with Gasteiger partial charge < -0.3 is 9.97 Å². The second kappa shape index (κ2) is 6.42. The van der Waals surface area contributed by atoms with Gasteiger partial charge in [0, 0.05) is 22.4 Å². The van der Waals surface area contributed by atoms with Gasteiger partial charge in [0.05, 0.1) is 0 Å². The number of halogens is 3. The van der Waals surface area contributed by atoms with Crippen LogP contribution >= 0.6 is 15.9 Å². The molecule has 2 aromatic rings. The minimum atomic E-state index is -0.727. The lowest BCUT2D eigenvalue weighted by Crippen LogP contribution is -2.11. The first-order chi connectivity index (χ1) is 8.84. The smallest absolute Gasteiger partial charge is 0.284 e.